The highest BCUT2D eigenvalue weighted by atomic mass is 16.5. The molecule has 0 saturated carbocycles. The van der Waals surface area contributed by atoms with Crippen molar-refractivity contribution in [3.8, 4) is 11.5 Å². The molecule has 216 valence electrons. The number of aromatic hydroxyl groups is 1. The monoisotopic (exact) mass is 580 g/mol. The molecule has 0 fully saturated rings. The fourth-order valence-electron chi connectivity index (χ4n) is 12.7. The van der Waals surface area contributed by atoms with Crippen LogP contribution in [-0.4, -0.2) is 12.2 Å². The predicted octanol–water partition coefficient (Wildman–Crippen LogP) is 9.32. The van der Waals surface area contributed by atoms with Crippen LogP contribution in [0.25, 0.3) is 0 Å². The summed E-state index contributed by atoms with van der Waals surface area (Å²) < 4.78 is 6.46. The summed E-state index contributed by atoms with van der Waals surface area (Å²) in [5.41, 5.74) is 23.4. The summed E-state index contributed by atoms with van der Waals surface area (Å²) in [5, 5.41) is 12.3. The van der Waals surface area contributed by atoms with Gasteiger partial charge in [-0.2, -0.15) is 0 Å². The third-order valence-electron chi connectivity index (χ3n) is 14.1. The second-order valence-corrected chi connectivity index (χ2v) is 15.4. The number of hydrogen-bond acceptors (Lipinski definition) is 2. The summed E-state index contributed by atoms with van der Waals surface area (Å²) in [4.78, 5) is 0. The average Bonchev–Trinajstić information content (AvgIpc) is 3.94. The normalized spacial score (nSPS) is 31.0. The smallest absolute Gasteiger partial charge is 0.127 e. The quantitative estimate of drug-likeness (QED) is 0.214. The van der Waals surface area contributed by atoms with Crippen molar-refractivity contribution in [1.29, 1.82) is 0 Å². The van der Waals surface area contributed by atoms with E-state index in [1.165, 1.54) is 57.3 Å². The van der Waals surface area contributed by atoms with E-state index in [4.69, 9.17) is 4.74 Å². The number of phenols is 1. The summed E-state index contributed by atoms with van der Waals surface area (Å²) in [7, 11) is 1.88. The van der Waals surface area contributed by atoms with Gasteiger partial charge in [0.1, 0.15) is 11.5 Å². The first kappa shape index (κ1) is 23.1. The van der Waals surface area contributed by atoms with Crippen molar-refractivity contribution in [3.05, 3.63) is 162 Å². The molecule has 0 aromatic heterocycles. The van der Waals surface area contributed by atoms with Crippen LogP contribution >= 0.6 is 0 Å². The van der Waals surface area contributed by atoms with Gasteiger partial charge in [0.2, 0.25) is 0 Å². The molecular formula is C43H32O2. The summed E-state index contributed by atoms with van der Waals surface area (Å²) in [6.45, 7) is 0. The minimum absolute atomic E-state index is 0.268. The predicted molar refractivity (Wildman–Crippen MR) is 174 cm³/mol. The van der Waals surface area contributed by atoms with Crippen LogP contribution in [0.5, 0.6) is 11.5 Å². The first-order valence-electron chi connectivity index (χ1n) is 17.2. The minimum Gasteiger partial charge on any atom is -0.507 e. The first-order valence-corrected chi connectivity index (χ1v) is 17.2. The van der Waals surface area contributed by atoms with E-state index in [2.05, 4.69) is 72.8 Å². The average molecular weight is 581 g/mol. The van der Waals surface area contributed by atoms with Crippen molar-refractivity contribution >= 4 is 0 Å². The van der Waals surface area contributed by atoms with E-state index in [-0.39, 0.29) is 11.8 Å². The van der Waals surface area contributed by atoms with Crippen LogP contribution in [0, 0.1) is 0 Å². The number of phenolic OH excluding ortho intramolecular Hbond substituents is 1. The molecule has 0 aliphatic heterocycles. The third-order valence-corrected chi connectivity index (χ3v) is 14.1. The Morgan fingerprint density at radius 1 is 0.422 bits per heavy atom. The second kappa shape index (κ2) is 7.23. The van der Waals surface area contributed by atoms with Gasteiger partial charge in [-0.05, 0) is 92.4 Å². The molecule has 5 aromatic rings. The number of hydrogen-bond donors (Lipinski definition) is 1. The van der Waals surface area contributed by atoms with Crippen LogP contribution in [0.1, 0.15) is 162 Å². The van der Waals surface area contributed by atoms with Crippen molar-refractivity contribution < 1.29 is 9.84 Å². The second-order valence-electron chi connectivity index (χ2n) is 15.4. The Kier molecular flexibility index (Phi) is 3.71. The largest absolute Gasteiger partial charge is 0.507 e. The van der Waals surface area contributed by atoms with E-state index >= 15 is 0 Å². The molecule has 0 spiro atoms. The highest BCUT2D eigenvalue weighted by molar-refractivity contribution is 5.78. The summed E-state index contributed by atoms with van der Waals surface area (Å²) in [5.74, 6) is 5.00. The van der Waals surface area contributed by atoms with E-state index in [9.17, 15) is 5.11 Å². The Labute approximate surface area is 262 Å². The molecule has 0 saturated heterocycles. The van der Waals surface area contributed by atoms with E-state index < -0.39 is 0 Å². The highest BCUT2D eigenvalue weighted by Crippen LogP contribution is 2.71. The molecule has 45 heavy (non-hydrogen) atoms. The molecule has 13 rings (SSSR count). The Hall–Kier alpha value is -4.30. The van der Waals surface area contributed by atoms with Crippen molar-refractivity contribution in [2.45, 2.75) is 73.0 Å². The van der Waals surface area contributed by atoms with E-state index in [0.29, 0.717) is 41.3 Å². The molecule has 2 heteroatoms. The lowest BCUT2D eigenvalue weighted by atomic mass is 9.74. The van der Waals surface area contributed by atoms with Crippen LogP contribution in [0.15, 0.2) is 72.8 Å². The lowest BCUT2D eigenvalue weighted by molar-refractivity contribution is 0.398. The van der Waals surface area contributed by atoms with Gasteiger partial charge in [-0.1, -0.05) is 72.8 Å². The highest BCUT2D eigenvalue weighted by Gasteiger charge is 2.54. The summed E-state index contributed by atoms with van der Waals surface area (Å²) in [6.07, 6.45) is 4.59. The molecule has 0 radical (unpaired) electrons. The first-order chi connectivity index (χ1) is 22.2. The molecule has 0 amide bonds. The maximum atomic E-state index is 12.3. The van der Waals surface area contributed by atoms with Gasteiger partial charge in [0.25, 0.3) is 0 Å². The Bertz CT molecular complexity index is 2130. The van der Waals surface area contributed by atoms with Crippen LogP contribution in [0.2, 0.25) is 0 Å². The lowest BCUT2D eigenvalue weighted by Gasteiger charge is -2.31. The van der Waals surface area contributed by atoms with Gasteiger partial charge < -0.3 is 9.84 Å². The van der Waals surface area contributed by atoms with Gasteiger partial charge >= 0.3 is 0 Å². The Balaban J connectivity index is 0.974. The SMILES string of the molecule is COc1c2c(c(O)c3c1C1CC3c3cc4c(cc31)C1CC4c3ccccc31)C1CC2c2cc3c(cc21)C1CC3c2ccccc21. The number of benzene rings is 5. The van der Waals surface area contributed by atoms with Gasteiger partial charge in [-0.25, -0.2) is 0 Å². The molecule has 8 unspecified atom stereocenters. The van der Waals surface area contributed by atoms with Gasteiger partial charge in [-0.3, -0.25) is 0 Å². The Morgan fingerprint density at radius 2 is 0.711 bits per heavy atom. The Morgan fingerprint density at radius 3 is 1.04 bits per heavy atom. The molecule has 5 aromatic carbocycles. The molecule has 1 N–H and O–H groups in total. The van der Waals surface area contributed by atoms with Crippen LogP contribution in [0.3, 0.4) is 0 Å². The maximum absolute atomic E-state index is 12.3. The van der Waals surface area contributed by atoms with Crippen molar-refractivity contribution in [3.63, 3.8) is 0 Å². The van der Waals surface area contributed by atoms with Crippen LogP contribution < -0.4 is 4.74 Å². The number of rotatable bonds is 1. The lowest BCUT2D eigenvalue weighted by Crippen LogP contribution is -2.15. The fourth-order valence-corrected chi connectivity index (χ4v) is 12.7. The molecule has 2 nitrogen and oxygen atoms in total. The number of ether oxygens (including phenoxy) is 1. The van der Waals surface area contributed by atoms with Crippen molar-refractivity contribution in [1.82, 2.24) is 0 Å². The zero-order valence-electron chi connectivity index (χ0n) is 25.2. The van der Waals surface area contributed by atoms with E-state index in [1.54, 1.807) is 44.5 Å². The van der Waals surface area contributed by atoms with Gasteiger partial charge in [0.15, 0.2) is 0 Å². The zero-order chi connectivity index (χ0) is 29.0. The molecule has 0 heterocycles. The zero-order valence-corrected chi connectivity index (χ0v) is 25.2. The van der Waals surface area contributed by atoms with Gasteiger partial charge in [0, 0.05) is 69.6 Å². The van der Waals surface area contributed by atoms with Crippen LogP contribution in [-0.2, 0) is 0 Å². The van der Waals surface area contributed by atoms with E-state index in [0.717, 1.165) is 18.6 Å². The summed E-state index contributed by atoms with van der Waals surface area (Å²) >= 11 is 0. The molecule has 8 aliphatic rings. The topological polar surface area (TPSA) is 29.5 Å². The van der Waals surface area contributed by atoms with Gasteiger partial charge in [0.05, 0.1) is 7.11 Å². The minimum atomic E-state index is 0.268. The molecular weight excluding hydrogens is 548 g/mol. The van der Waals surface area contributed by atoms with Crippen molar-refractivity contribution in [2.75, 3.05) is 7.11 Å². The molecule has 8 aliphatic carbocycles. The number of methoxy groups -OCH3 is 1. The summed E-state index contributed by atoms with van der Waals surface area (Å²) in [6, 6.07) is 28.5. The van der Waals surface area contributed by atoms with Crippen molar-refractivity contribution in [2.24, 2.45) is 0 Å². The number of fused-ring (bicyclic) bond motifs is 32. The third kappa shape index (κ3) is 2.33. The van der Waals surface area contributed by atoms with Gasteiger partial charge in [-0.15, -0.1) is 0 Å². The van der Waals surface area contributed by atoms with E-state index in [1.807, 2.05) is 7.11 Å². The molecule has 8 bridgehead atoms. The maximum Gasteiger partial charge on any atom is 0.127 e. The fraction of sp³-hybridized carbons (Fsp3) is 0.302. The molecule has 8 atom stereocenters. The standard InChI is InChI=1S/C43H32O2/c1-45-43-40-36-16-34(30-12-26-22-10-24(28(26)14-32(30)36)20-8-4-2-6-18(20)22)38(40)42(44)39-35-17-37(41(39)43)33-15-29-25-11-23(27(29)13-31(33)35)19-7-3-5-9-21(19)25/h2-9,12-15,22-25,34-37,44H,10-11,16-17H2,1H3. The van der Waals surface area contributed by atoms with Crippen LogP contribution in [0.4, 0.5) is 0 Å².